The molecule has 0 aliphatic carbocycles. The van der Waals surface area contributed by atoms with Gasteiger partial charge in [0.05, 0.1) is 6.10 Å². The largest absolute Gasteiger partial charge is 0.381 e. The Kier molecular flexibility index (Phi) is 5.23. The van der Waals surface area contributed by atoms with E-state index >= 15 is 0 Å². The molecule has 1 aromatic rings. The van der Waals surface area contributed by atoms with Gasteiger partial charge in [-0.1, -0.05) is 13.8 Å². The minimum atomic E-state index is -3.62. The third-order valence-electron chi connectivity index (χ3n) is 3.61. The maximum atomic E-state index is 12.7. The van der Waals surface area contributed by atoms with E-state index in [0.717, 1.165) is 19.3 Å². The molecule has 2 N–H and O–H groups in total. The summed E-state index contributed by atoms with van der Waals surface area (Å²) in [5, 5.41) is 4.07. The molecule has 1 aliphatic heterocycles. The van der Waals surface area contributed by atoms with Gasteiger partial charge in [0.1, 0.15) is 4.90 Å². The first-order chi connectivity index (χ1) is 9.98. The summed E-state index contributed by atoms with van der Waals surface area (Å²) in [6.07, 6.45) is 4.25. The van der Waals surface area contributed by atoms with E-state index < -0.39 is 10.0 Å². The van der Waals surface area contributed by atoms with Crippen molar-refractivity contribution in [3.63, 3.8) is 0 Å². The van der Waals surface area contributed by atoms with Crippen LogP contribution in [0.5, 0.6) is 0 Å². The van der Waals surface area contributed by atoms with Crippen LogP contribution < -0.4 is 5.73 Å². The zero-order valence-corrected chi connectivity index (χ0v) is 13.5. The first kappa shape index (κ1) is 16.3. The lowest BCUT2D eigenvalue weighted by molar-refractivity contribution is 0.0947. The van der Waals surface area contributed by atoms with Gasteiger partial charge in [-0.25, -0.2) is 8.42 Å². The van der Waals surface area contributed by atoms with Crippen molar-refractivity contribution in [1.82, 2.24) is 14.1 Å². The van der Waals surface area contributed by atoms with Gasteiger partial charge in [-0.05, 0) is 19.3 Å². The van der Waals surface area contributed by atoms with Gasteiger partial charge >= 0.3 is 0 Å². The van der Waals surface area contributed by atoms with Crippen molar-refractivity contribution >= 4 is 15.8 Å². The van der Waals surface area contributed by atoms with Crippen molar-refractivity contribution in [2.24, 2.45) is 0 Å². The van der Waals surface area contributed by atoms with Crippen LogP contribution in [0.25, 0.3) is 0 Å². The van der Waals surface area contributed by atoms with Crippen LogP contribution >= 0.6 is 0 Å². The number of likely N-dealkylation sites (N-methyl/N-ethyl adjacent to an activating group) is 1. The summed E-state index contributed by atoms with van der Waals surface area (Å²) < 4.78 is 34.0. The highest BCUT2D eigenvalue weighted by Crippen LogP contribution is 2.23. The van der Waals surface area contributed by atoms with E-state index in [9.17, 15) is 8.42 Å². The third kappa shape index (κ3) is 3.56. The predicted molar refractivity (Wildman–Crippen MR) is 80.3 cm³/mol. The number of sulfonamides is 1. The van der Waals surface area contributed by atoms with Gasteiger partial charge < -0.3 is 10.5 Å². The van der Waals surface area contributed by atoms with Crippen LogP contribution in [0.15, 0.2) is 11.1 Å². The molecule has 1 unspecified atom stereocenters. The van der Waals surface area contributed by atoms with Crippen LogP contribution in [0.1, 0.15) is 33.1 Å². The van der Waals surface area contributed by atoms with Gasteiger partial charge in [0.15, 0.2) is 5.82 Å². The molecule has 1 aliphatic rings. The highest BCUT2D eigenvalue weighted by molar-refractivity contribution is 7.89. The highest BCUT2D eigenvalue weighted by Gasteiger charge is 2.30. The van der Waals surface area contributed by atoms with E-state index in [0.29, 0.717) is 26.2 Å². The Bertz CT molecular complexity index is 564. The molecule has 2 heterocycles. The van der Waals surface area contributed by atoms with Gasteiger partial charge in [0, 0.05) is 32.4 Å². The standard InChI is InChI=1S/C13H24N4O3S/c1-3-7-16-10-12(13(14)15-16)21(18,19)17(4-2)9-11-6-5-8-20-11/h10-11H,3-9H2,1-2H3,(H2,14,15). The molecule has 21 heavy (non-hydrogen) atoms. The summed E-state index contributed by atoms with van der Waals surface area (Å²) in [7, 11) is -3.62. The lowest BCUT2D eigenvalue weighted by Gasteiger charge is -2.22. The number of nitrogens with zero attached hydrogens (tertiary/aromatic N) is 3. The van der Waals surface area contributed by atoms with Crippen LogP contribution in [0.2, 0.25) is 0 Å². The Morgan fingerprint density at radius 1 is 1.52 bits per heavy atom. The second kappa shape index (κ2) is 6.76. The topological polar surface area (TPSA) is 90.5 Å². The number of nitrogen functional groups attached to an aromatic ring is 1. The molecule has 1 atom stereocenters. The number of hydrogen-bond donors (Lipinski definition) is 1. The van der Waals surface area contributed by atoms with E-state index in [-0.39, 0.29) is 16.8 Å². The molecule has 0 radical (unpaired) electrons. The Morgan fingerprint density at radius 3 is 2.86 bits per heavy atom. The minimum Gasteiger partial charge on any atom is -0.381 e. The number of ether oxygens (including phenoxy) is 1. The average Bonchev–Trinajstić information content (AvgIpc) is 3.06. The van der Waals surface area contributed by atoms with Crippen molar-refractivity contribution in [2.75, 3.05) is 25.4 Å². The summed E-state index contributed by atoms with van der Waals surface area (Å²) in [5.74, 6) is 0.0641. The predicted octanol–water partition coefficient (Wildman–Crippen LogP) is 1.06. The van der Waals surface area contributed by atoms with Crippen LogP contribution in [0.3, 0.4) is 0 Å². The van der Waals surface area contributed by atoms with E-state index in [2.05, 4.69) is 5.10 Å². The number of rotatable bonds is 7. The first-order valence-corrected chi connectivity index (χ1v) is 8.87. The second-order valence-electron chi connectivity index (χ2n) is 5.23. The molecule has 0 bridgehead atoms. The monoisotopic (exact) mass is 316 g/mol. The Labute approximate surface area is 126 Å². The molecular formula is C13H24N4O3S. The van der Waals surface area contributed by atoms with Gasteiger partial charge in [0.25, 0.3) is 0 Å². The number of anilines is 1. The normalized spacial score (nSPS) is 19.5. The van der Waals surface area contributed by atoms with Crippen molar-refractivity contribution in [3.05, 3.63) is 6.20 Å². The third-order valence-corrected chi connectivity index (χ3v) is 5.57. The fourth-order valence-corrected chi connectivity index (χ4v) is 4.05. The summed E-state index contributed by atoms with van der Waals surface area (Å²) in [4.78, 5) is 0.0933. The smallest absolute Gasteiger partial charge is 0.248 e. The summed E-state index contributed by atoms with van der Waals surface area (Å²) in [6, 6.07) is 0. The quantitative estimate of drug-likeness (QED) is 0.812. The van der Waals surface area contributed by atoms with Crippen molar-refractivity contribution in [1.29, 1.82) is 0 Å². The van der Waals surface area contributed by atoms with Crippen molar-refractivity contribution in [2.45, 2.75) is 50.7 Å². The van der Waals surface area contributed by atoms with Crippen LogP contribution in [-0.2, 0) is 21.3 Å². The Morgan fingerprint density at radius 2 is 2.29 bits per heavy atom. The lowest BCUT2D eigenvalue weighted by atomic mass is 10.2. The molecule has 0 aromatic carbocycles. The molecule has 1 aromatic heterocycles. The summed E-state index contributed by atoms with van der Waals surface area (Å²) >= 11 is 0. The molecule has 8 heteroatoms. The van der Waals surface area contributed by atoms with Crippen LogP contribution in [-0.4, -0.2) is 48.3 Å². The fourth-order valence-electron chi connectivity index (χ4n) is 2.51. The molecule has 1 fully saturated rings. The molecule has 120 valence electrons. The van der Waals surface area contributed by atoms with Crippen molar-refractivity contribution < 1.29 is 13.2 Å². The fraction of sp³-hybridized carbons (Fsp3) is 0.769. The zero-order valence-electron chi connectivity index (χ0n) is 12.7. The van der Waals surface area contributed by atoms with E-state index in [1.54, 1.807) is 4.68 Å². The molecule has 0 spiro atoms. The van der Waals surface area contributed by atoms with E-state index in [1.807, 2.05) is 13.8 Å². The Balaban J connectivity index is 2.21. The van der Waals surface area contributed by atoms with Crippen LogP contribution in [0, 0.1) is 0 Å². The highest BCUT2D eigenvalue weighted by atomic mass is 32.2. The van der Waals surface area contributed by atoms with E-state index in [4.69, 9.17) is 10.5 Å². The molecule has 1 saturated heterocycles. The number of aryl methyl sites for hydroxylation is 1. The lowest BCUT2D eigenvalue weighted by Crippen LogP contribution is -2.37. The first-order valence-electron chi connectivity index (χ1n) is 7.43. The molecule has 2 rings (SSSR count). The summed E-state index contributed by atoms with van der Waals surface area (Å²) in [6.45, 7) is 5.94. The number of nitrogens with two attached hydrogens (primary N) is 1. The maximum absolute atomic E-state index is 12.7. The SMILES string of the molecule is CCCn1cc(S(=O)(=O)N(CC)CC2CCCO2)c(N)n1. The Hall–Kier alpha value is -1.12. The van der Waals surface area contributed by atoms with Crippen LogP contribution in [0.4, 0.5) is 5.82 Å². The van der Waals surface area contributed by atoms with Gasteiger partial charge in [-0.3, -0.25) is 4.68 Å². The zero-order chi connectivity index (χ0) is 15.5. The minimum absolute atomic E-state index is 0.0216. The van der Waals surface area contributed by atoms with Crippen molar-refractivity contribution in [3.8, 4) is 0 Å². The molecule has 0 amide bonds. The van der Waals surface area contributed by atoms with Gasteiger partial charge in [-0.15, -0.1) is 0 Å². The molecule has 0 saturated carbocycles. The maximum Gasteiger partial charge on any atom is 0.248 e. The summed E-state index contributed by atoms with van der Waals surface area (Å²) in [5.41, 5.74) is 5.79. The molecule has 7 nitrogen and oxygen atoms in total. The molecular weight excluding hydrogens is 292 g/mol. The average molecular weight is 316 g/mol. The second-order valence-corrected chi connectivity index (χ2v) is 7.14. The van der Waals surface area contributed by atoms with Gasteiger partial charge in [0.2, 0.25) is 10.0 Å². The van der Waals surface area contributed by atoms with Gasteiger partial charge in [-0.2, -0.15) is 9.40 Å². The number of hydrogen-bond acceptors (Lipinski definition) is 5. The number of aromatic nitrogens is 2. The van der Waals surface area contributed by atoms with E-state index in [1.165, 1.54) is 10.5 Å².